The molecule has 0 bridgehead atoms. The van der Waals surface area contributed by atoms with Crippen molar-refractivity contribution in [1.82, 2.24) is 4.98 Å². The first kappa shape index (κ1) is 13.1. The van der Waals surface area contributed by atoms with E-state index in [1.165, 1.54) is 0 Å². The summed E-state index contributed by atoms with van der Waals surface area (Å²) in [5.74, 6) is 0.632. The van der Waals surface area contributed by atoms with Crippen LogP contribution in [0.5, 0.6) is 5.75 Å². The molecular formula is C15H14N2O2. The van der Waals surface area contributed by atoms with Crippen LogP contribution >= 0.6 is 0 Å². The van der Waals surface area contributed by atoms with Crippen LogP contribution in [0.4, 0.5) is 0 Å². The van der Waals surface area contributed by atoms with E-state index in [-0.39, 0.29) is 0 Å². The molecule has 4 nitrogen and oxygen atoms in total. The zero-order chi connectivity index (χ0) is 13.7. The molecule has 1 aromatic heterocycles. The van der Waals surface area contributed by atoms with E-state index in [1.54, 1.807) is 42.7 Å². The highest BCUT2D eigenvalue weighted by molar-refractivity contribution is 5.36. The summed E-state index contributed by atoms with van der Waals surface area (Å²) in [4.78, 5) is 4.05. The molecule has 0 amide bonds. The first-order valence-corrected chi connectivity index (χ1v) is 6.00. The van der Waals surface area contributed by atoms with Gasteiger partial charge < -0.3 is 9.84 Å². The van der Waals surface area contributed by atoms with E-state index in [2.05, 4.69) is 4.98 Å². The third kappa shape index (κ3) is 3.09. The number of aliphatic hydroxyl groups is 1. The van der Waals surface area contributed by atoms with Crippen molar-refractivity contribution in [3.63, 3.8) is 0 Å². The van der Waals surface area contributed by atoms with Gasteiger partial charge in [-0.05, 0) is 30.7 Å². The molecule has 2 rings (SSSR count). The number of ether oxygens (including phenoxy) is 1. The van der Waals surface area contributed by atoms with Gasteiger partial charge in [-0.1, -0.05) is 12.1 Å². The summed E-state index contributed by atoms with van der Waals surface area (Å²) in [6, 6.07) is 10.6. The van der Waals surface area contributed by atoms with Gasteiger partial charge in [0.25, 0.3) is 0 Å². The Labute approximate surface area is 111 Å². The van der Waals surface area contributed by atoms with Crippen LogP contribution in [0.25, 0.3) is 0 Å². The first-order valence-electron chi connectivity index (χ1n) is 6.00. The van der Waals surface area contributed by atoms with Gasteiger partial charge in [0.2, 0.25) is 0 Å². The molecule has 1 atom stereocenters. The molecule has 1 heterocycles. The zero-order valence-electron chi connectivity index (χ0n) is 10.6. The number of pyridine rings is 1. The molecule has 0 aliphatic rings. The molecule has 96 valence electrons. The second kappa shape index (κ2) is 5.98. The van der Waals surface area contributed by atoms with Gasteiger partial charge in [0.15, 0.2) is 0 Å². The van der Waals surface area contributed by atoms with Crippen molar-refractivity contribution in [3.8, 4) is 11.8 Å². The van der Waals surface area contributed by atoms with E-state index in [4.69, 9.17) is 10.00 Å². The van der Waals surface area contributed by atoms with Gasteiger partial charge in [0.1, 0.15) is 11.9 Å². The number of nitriles is 1. The molecule has 0 aliphatic heterocycles. The highest BCUT2D eigenvalue weighted by Crippen LogP contribution is 2.24. The smallest absolute Gasteiger partial charge is 0.137 e. The van der Waals surface area contributed by atoms with E-state index in [1.807, 2.05) is 13.0 Å². The maximum atomic E-state index is 10.3. The van der Waals surface area contributed by atoms with E-state index in [9.17, 15) is 5.11 Å². The molecule has 0 radical (unpaired) electrons. The van der Waals surface area contributed by atoms with Crippen molar-refractivity contribution in [2.75, 3.05) is 6.61 Å². The predicted molar refractivity (Wildman–Crippen MR) is 70.6 cm³/mol. The van der Waals surface area contributed by atoms with Crippen LogP contribution in [0.2, 0.25) is 0 Å². The largest absolute Gasteiger partial charge is 0.492 e. The number of aliphatic hydroxyl groups excluding tert-OH is 1. The lowest BCUT2D eigenvalue weighted by Crippen LogP contribution is -2.01. The molecule has 0 saturated carbocycles. The fraction of sp³-hybridized carbons (Fsp3) is 0.200. The van der Waals surface area contributed by atoms with Crippen LogP contribution in [0.15, 0.2) is 42.7 Å². The lowest BCUT2D eigenvalue weighted by atomic mass is 10.0. The Morgan fingerprint density at radius 2 is 2.00 bits per heavy atom. The first-order chi connectivity index (χ1) is 9.24. The fourth-order valence-corrected chi connectivity index (χ4v) is 1.76. The maximum Gasteiger partial charge on any atom is 0.137 e. The van der Waals surface area contributed by atoms with Crippen molar-refractivity contribution in [2.24, 2.45) is 0 Å². The molecular weight excluding hydrogens is 240 g/mol. The molecule has 1 unspecified atom stereocenters. The molecule has 0 spiro atoms. The lowest BCUT2D eigenvalue weighted by Gasteiger charge is -2.12. The van der Waals surface area contributed by atoms with Crippen molar-refractivity contribution < 1.29 is 9.84 Å². The van der Waals surface area contributed by atoms with Crippen molar-refractivity contribution in [3.05, 3.63) is 59.4 Å². The monoisotopic (exact) mass is 254 g/mol. The third-order valence-corrected chi connectivity index (χ3v) is 2.72. The van der Waals surface area contributed by atoms with Crippen LogP contribution < -0.4 is 4.74 Å². The Balaban J connectivity index is 2.25. The van der Waals surface area contributed by atoms with E-state index >= 15 is 0 Å². The van der Waals surface area contributed by atoms with Gasteiger partial charge in [-0.3, -0.25) is 4.98 Å². The third-order valence-electron chi connectivity index (χ3n) is 2.72. The molecule has 1 aromatic carbocycles. The second-order valence-corrected chi connectivity index (χ2v) is 4.02. The minimum atomic E-state index is -0.777. The van der Waals surface area contributed by atoms with E-state index in [0.717, 1.165) is 5.56 Å². The van der Waals surface area contributed by atoms with Crippen LogP contribution in [0.1, 0.15) is 29.7 Å². The summed E-state index contributed by atoms with van der Waals surface area (Å²) in [5.41, 5.74) is 1.95. The van der Waals surface area contributed by atoms with Crippen LogP contribution in [0, 0.1) is 11.3 Å². The Bertz CT molecular complexity index is 588. The summed E-state index contributed by atoms with van der Waals surface area (Å²) >= 11 is 0. The average Bonchev–Trinajstić information content (AvgIpc) is 2.47. The molecule has 4 heteroatoms. The predicted octanol–water partition coefficient (Wildman–Crippen LogP) is 2.43. The second-order valence-electron chi connectivity index (χ2n) is 4.02. The van der Waals surface area contributed by atoms with Gasteiger partial charge in [-0.15, -0.1) is 0 Å². The summed E-state index contributed by atoms with van der Waals surface area (Å²) < 4.78 is 5.35. The molecule has 1 N–H and O–H groups in total. The Kier molecular flexibility index (Phi) is 4.11. The van der Waals surface area contributed by atoms with Crippen LogP contribution in [0.3, 0.4) is 0 Å². The van der Waals surface area contributed by atoms with Crippen molar-refractivity contribution in [2.45, 2.75) is 13.0 Å². The summed E-state index contributed by atoms with van der Waals surface area (Å²) in [7, 11) is 0. The van der Waals surface area contributed by atoms with Crippen molar-refractivity contribution >= 4 is 0 Å². The molecule has 0 aliphatic carbocycles. The number of aromatic nitrogens is 1. The quantitative estimate of drug-likeness (QED) is 0.910. The summed E-state index contributed by atoms with van der Waals surface area (Å²) in [5, 5.41) is 19.0. The Hall–Kier alpha value is -2.38. The average molecular weight is 254 g/mol. The number of hydrogen-bond donors (Lipinski definition) is 1. The highest BCUT2D eigenvalue weighted by Gasteiger charge is 2.11. The number of rotatable bonds is 4. The van der Waals surface area contributed by atoms with Gasteiger partial charge in [-0.25, -0.2) is 0 Å². The minimum Gasteiger partial charge on any atom is -0.492 e. The van der Waals surface area contributed by atoms with Gasteiger partial charge >= 0.3 is 0 Å². The van der Waals surface area contributed by atoms with Crippen LogP contribution in [-0.2, 0) is 0 Å². The normalized spacial score (nSPS) is 11.6. The van der Waals surface area contributed by atoms with Gasteiger partial charge in [0.05, 0.1) is 24.4 Å². The van der Waals surface area contributed by atoms with Gasteiger partial charge in [0, 0.05) is 11.8 Å². The molecule has 2 aromatic rings. The molecule has 19 heavy (non-hydrogen) atoms. The van der Waals surface area contributed by atoms with E-state index in [0.29, 0.717) is 23.5 Å². The molecule has 0 saturated heterocycles. The summed E-state index contributed by atoms with van der Waals surface area (Å²) in [6.07, 6.45) is 2.44. The highest BCUT2D eigenvalue weighted by atomic mass is 16.5. The van der Waals surface area contributed by atoms with Crippen molar-refractivity contribution in [1.29, 1.82) is 5.26 Å². The number of benzene rings is 1. The number of nitrogens with zero attached hydrogens (tertiary/aromatic N) is 2. The fourth-order valence-electron chi connectivity index (χ4n) is 1.76. The Morgan fingerprint density at radius 1 is 1.26 bits per heavy atom. The van der Waals surface area contributed by atoms with E-state index < -0.39 is 6.10 Å². The Morgan fingerprint density at radius 3 is 2.63 bits per heavy atom. The molecule has 0 fully saturated rings. The standard InChI is InChI=1S/C15H14N2O2/c1-2-19-14-7-13(9-17-10-14)15(18)12-5-3-11(8-16)4-6-12/h3-7,9-10,15,18H,2H2,1H3. The minimum absolute atomic E-state index is 0.554. The summed E-state index contributed by atoms with van der Waals surface area (Å²) in [6.45, 7) is 2.45. The lowest BCUT2D eigenvalue weighted by molar-refractivity contribution is 0.219. The number of hydrogen-bond acceptors (Lipinski definition) is 4. The maximum absolute atomic E-state index is 10.3. The van der Waals surface area contributed by atoms with Crippen LogP contribution in [-0.4, -0.2) is 16.7 Å². The zero-order valence-corrected chi connectivity index (χ0v) is 10.6. The SMILES string of the molecule is CCOc1cncc(C(O)c2ccc(C#N)cc2)c1. The topological polar surface area (TPSA) is 66.1 Å². The van der Waals surface area contributed by atoms with Gasteiger partial charge in [-0.2, -0.15) is 5.26 Å².